The number of ether oxygens (including phenoxy) is 1. The molecule has 1 unspecified atom stereocenters. The van der Waals surface area contributed by atoms with E-state index in [2.05, 4.69) is 12.1 Å². The maximum atomic E-state index is 13.7. The largest absolute Gasteiger partial charge is 0.459 e. The second-order valence-electron chi connectivity index (χ2n) is 9.05. The maximum Gasteiger partial charge on any atom is 0.338 e. The number of carbonyl (C=O) groups is 2. The molecular weight excluding hydrogens is 456 g/mol. The van der Waals surface area contributed by atoms with Crippen LogP contribution in [-0.4, -0.2) is 23.2 Å². The molecule has 0 radical (unpaired) electrons. The lowest BCUT2D eigenvalue weighted by molar-refractivity contribution is -0.118. The Morgan fingerprint density at radius 2 is 1.74 bits per heavy atom. The summed E-state index contributed by atoms with van der Waals surface area (Å²) in [7, 11) is 0. The summed E-state index contributed by atoms with van der Waals surface area (Å²) in [6.07, 6.45) is 0.381. The molecule has 0 saturated heterocycles. The molecule has 1 heterocycles. The van der Waals surface area contributed by atoms with Gasteiger partial charge in [0.25, 0.3) is 0 Å². The number of thioether (sulfide) groups is 1. The number of para-hydroxylation sites is 1. The summed E-state index contributed by atoms with van der Waals surface area (Å²) < 4.78 is 5.27. The van der Waals surface area contributed by atoms with Gasteiger partial charge in [-0.2, -0.15) is 5.26 Å². The zero-order chi connectivity index (χ0) is 25.1. The predicted molar refractivity (Wildman–Crippen MR) is 139 cm³/mol. The van der Waals surface area contributed by atoms with E-state index in [9.17, 15) is 14.9 Å². The van der Waals surface area contributed by atoms with Crippen LogP contribution in [0.15, 0.2) is 65.6 Å². The molecule has 178 valence electrons. The van der Waals surface area contributed by atoms with E-state index in [1.165, 1.54) is 0 Å². The van der Waals surface area contributed by atoms with Crippen LogP contribution in [0.25, 0.3) is 0 Å². The van der Waals surface area contributed by atoms with Gasteiger partial charge in [0, 0.05) is 4.90 Å². The summed E-state index contributed by atoms with van der Waals surface area (Å²) in [4.78, 5) is 28.8. The van der Waals surface area contributed by atoms with Crippen LogP contribution in [-0.2, 0) is 22.5 Å². The number of esters is 1. The first-order valence-electron chi connectivity index (χ1n) is 11.6. The highest BCUT2D eigenvalue weighted by Gasteiger charge is 2.34. The number of benzene rings is 3. The molecule has 1 atom stereocenters. The van der Waals surface area contributed by atoms with Crippen LogP contribution in [0.5, 0.6) is 0 Å². The Bertz CT molecular complexity index is 1290. The quantitative estimate of drug-likeness (QED) is 0.402. The molecule has 0 fully saturated rings. The molecule has 0 saturated carbocycles. The summed E-state index contributed by atoms with van der Waals surface area (Å²) in [5.41, 5.74) is 6.10. The molecule has 0 aromatic heterocycles. The van der Waals surface area contributed by atoms with Crippen LogP contribution in [0.2, 0.25) is 0 Å². The van der Waals surface area contributed by atoms with E-state index in [-0.39, 0.29) is 23.2 Å². The Hall–Kier alpha value is -3.56. The number of rotatable bonds is 6. The first-order valence-corrected chi connectivity index (χ1v) is 12.5. The van der Waals surface area contributed by atoms with Crippen molar-refractivity contribution in [1.82, 2.24) is 0 Å². The molecule has 0 N–H and O–H groups in total. The minimum absolute atomic E-state index is 0.0557. The molecule has 0 bridgehead atoms. The summed E-state index contributed by atoms with van der Waals surface area (Å²) in [5, 5.41) is 9.01. The van der Waals surface area contributed by atoms with Crippen LogP contribution in [0, 0.1) is 25.2 Å². The summed E-state index contributed by atoms with van der Waals surface area (Å²) in [6, 6.07) is 21.2. The van der Waals surface area contributed by atoms with Crippen molar-refractivity contribution in [3.05, 3.63) is 94.0 Å². The lowest BCUT2D eigenvalue weighted by Crippen LogP contribution is -2.41. The molecule has 5 nitrogen and oxygen atoms in total. The molecule has 6 heteroatoms. The van der Waals surface area contributed by atoms with Gasteiger partial charge in [-0.3, -0.25) is 4.79 Å². The zero-order valence-electron chi connectivity index (χ0n) is 20.4. The van der Waals surface area contributed by atoms with Gasteiger partial charge in [-0.15, -0.1) is 11.8 Å². The molecule has 1 aliphatic heterocycles. The number of nitrogens with zero attached hydrogens (tertiary/aromatic N) is 2. The first-order chi connectivity index (χ1) is 16.8. The van der Waals surface area contributed by atoms with Gasteiger partial charge in [0.1, 0.15) is 0 Å². The monoisotopic (exact) mass is 484 g/mol. The van der Waals surface area contributed by atoms with Crippen LogP contribution in [0.1, 0.15) is 52.0 Å². The highest BCUT2D eigenvalue weighted by molar-refractivity contribution is 8.01. The van der Waals surface area contributed by atoms with Crippen molar-refractivity contribution in [1.29, 1.82) is 5.26 Å². The molecule has 0 aliphatic carbocycles. The van der Waals surface area contributed by atoms with E-state index in [1.807, 2.05) is 75.1 Å². The topological polar surface area (TPSA) is 70.4 Å². The second-order valence-corrected chi connectivity index (χ2v) is 10.3. The number of amides is 1. The van der Waals surface area contributed by atoms with Gasteiger partial charge in [-0.05, 0) is 92.8 Å². The van der Waals surface area contributed by atoms with Crippen LogP contribution in [0.3, 0.4) is 0 Å². The lowest BCUT2D eigenvalue weighted by atomic mass is 9.98. The Balaban J connectivity index is 1.59. The van der Waals surface area contributed by atoms with E-state index >= 15 is 0 Å². The number of nitriles is 1. The number of fused-ring (bicyclic) bond motifs is 1. The predicted octanol–water partition coefficient (Wildman–Crippen LogP) is 5.99. The minimum atomic E-state index is -0.345. The third-order valence-electron chi connectivity index (χ3n) is 6.06. The van der Waals surface area contributed by atoms with Crippen LogP contribution in [0.4, 0.5) is 5.69 Å². The highest BCUT2D eigenvalue weighted by Crippen LogP contribution is 2.41. The zero-order valence-corrected chi connectivity index (χ0v) is 21.2. The average Bonchev–Trinajstić information content (AvgIpc) is 2.83. The number of hydrogen-bond acceptors (Lipinski definition) is 5. The first kappa shape index (κ1) is 24.6. The van der Waals surface area contributed by atoms with Crippen molar-refractivity contribution >= 4 is 29.3 Å². The summed E-state index contributed by atoms with van der Waals surface area (Å²) in [5.74, 6) is -0.289. The Kier molecular flexibility index (Phi) is 7.28. The molecule has 3 aromatic rings. The van der Waals surface area contributed by atoms with Gasteiger partial charge in [-0.25, -0.2) is 4.79 Å². The van der Waals surface area contributed by atoms with Gasteiger partial charge < -0.3 is 9.64 Å². The molecule has 1 amide bonds. The van der Waals surface area contributed by atoms with Crippen molar-refractivity contribution in [2.75, 3.05) is 4.90 Å². The number of aryl methyl sites for hydroxylation is 2. The summed E-state index contributed by atoms with van der Waals surface area (Å²) >= 11 is 1.58. The van der Waals surface area contributed by atoms with E-state index in [1.54, 1.807) is 23.9 Å². The molecule has 1 aliphatic rings. The SMILES string of the molecule is Cc1cc(C#N)cc(C)c1CN1C(=O)C(Cc2ccc(C(=O)OC(C)C)cc2)Sc2ccccc21. The van der Waals surface area contributed by atoms with E-state index in [0.717, 1.165) is 32.8 Å². The average molecular weight is 485 g/mol. The number of anilines is 1. The van der Waals surface area contributed by atoms with Crippen molar-refractivity contribution in [3.8, 4) is 6.07 Å². The van der Waals surface area contributed by atoms with Crippen LogP contribution >= 0.6 is 11.8 Å². The fraction of sp³-hybridized carbons (Fsp3) is 0.276. The Morgan fingerprint density at radius 1 is 1.09 bits per heavy atom. The lowest BCUT2D eigenvalue weighted by Gasteiger charge is -2.34. The Labute approximate surface area is 210 Å². The van der Waals surface area contributed by atoms with Gasteiger partial charge in [0.05, 0.1) is 40.8 Å². The normalized spacial score (nSPS) is 15.0. The second kappa shape index (κ2) is 10.4. The summed E-state index contributed by atoms with van der Waals surface area (Å²) in [6.45, 7) is 8.07. The maximum absolute atomic E-state index is 13.7. The molecule has 3 aromatic carbocycles. The molecule has 0 spiro atoms. The third-order valence-corrected chi connectivity index (χ3v) is 7.31. The number of carbonyl (C=O) groups excluding carboxylic acids is 2. The van der Waals surface area contributed by atoms with Crippen molar-refractivity contribution in [2.24, 2.45) is 0 Å². The van der Waals surface area contributed by atoms with Gasteiger partial charge in [0.15, 0.2) is 0 Å². The fourth-order valence-corrected chi connectivity index (χ4v) is 5.57. The van der Waals surface area contributed by atoms with Gasteiger partial charge >= 0.3 is 5.97 Å². The van der Waals surface area contributed by atoms with E-state index < -0.39 is 0 Å². The molecular formula is C29H28N2O3S. The van der Waals surface area contributed by atoms with Crippen molar-refractivity contribution in [3.63, 3.8) is 0 Å². The van der Waals surface area contributed by atoms with E-state index in [4.69, 9.17) is 4.74 Å². The van der Waals surface area contributed by atoms with E-state index in [0.29, 0.717) is 24.1 Å². The third kappa shape index (κ3) is 5.41. The van der Waals surface area contributed by atoms with Crippen LogP contribution < -0.4 is 4.90 Å². The fourth-order valence-electron chi connectivity index (χ4n) is 4.31. The number of hydrogen-bond donors (Lipinski definition) is 0. The smallest absolute Gasteiger partial charge is 0.338 e. The van der Waals surface area contributed by atoms with Crippen molar-refractivity contribution in [2.45, 2.75) is 56.9 Å². The van der Waals surface area contributed by atoms with Gasteiger partial charge in [0.2, 0.25) is 5.91 Å². The molecule has 4 rings (SSSR count). The van der Waals surface area contributed by atoms with Crippen molar-refractivity contribution < 1.29 is 14.3 Å². The molecule has 35 heavy (non-hydrogen) atoms. The highest BCUT2D eigenvalue weighted by atomic mass is 32.2. The Morgan fingerprint density at radius 3 is 2.37 bits per heavy atom. The minimum Gasteiger partial charge on any atom is -0.459 e. The standard InChI is InChI=1S/C29H28N2O3S/c1-18(2)34-29(33)23-11-9-21(10-12-23)15-27-28(32)31(25-7-5-6-8-26(25)35-27)17-24-19(3)13-22(16-30)14-20(24)4/h5-14,18,27H,15,17H2,1-4H3. The van der Waals surface area contributed by atoms with Gasteiger partial charge in [-0.1, -0.05) is 24.3 Å².